The maximum atomic E-state index is 11.9. The van der Waals surface area contributed by atoms with E-state index in [1.807, 2.05) is 6.92 Å². The Morgan fingerprint density at radius 2 is 2.21 bits per heavy atom. The summed E-state index contributed by atoms with van der Waals surface area (Å²) in [5, 5.41) is 11.7. The fourth-order valence-corrected chi connectivity index (χ4v) is 2.13. The number of carboxylic acid groups (broad SMARTS) is 1. The number of urea groups is 1. The van der Waals surface area contributed by atoms with Gasteiger partial charge < -0.3 is 20.1 Å². The van der Waals surface area contributed by atoms with Gasteiger partial charge in [-0.2, -0.15) is 0 Å². The molecule has 2 N–H and O–H groups in total. The molecule has 0 saturated carbocycles. The number of ether oxygens (including phenoxy) is 1. The maximum Gasteiger partial charge on any atom is 0.317 e. The molecule has 2 amide bonds. The molecular formula is C13H22N2O4. The van der Waals surface area contributed by atoms with E-state index in [4.69, 9.17) is 9.84 Å². The fraction of sp³-hybridized carbons (Fsp3) is 0.692. The van der Waals surface area contributed by atoms with Crippen LogP contribution < -0.4 is 5.32 Å². The van der Waals surface area contributed by atoms with Gasteiger partial charge in [-0.3, -0.25) is 4.79 Å². The van der Waals surface area contributed by atoms with Crippen LogP contribution in [0.5, 0.6) is 0 Å². The zero-order valence-corrected chi connectivity index (χ0v) is 11.5. The van der Waals surface area contributed by atoms with Crippen molar-refractivity contribution < 1.29 is 19.4 Å². The molecule has 6 heteroatoms. The van der Waals surface area contributed by atoms with Gasteiger partial charge >= 0.3 is 12.0 Å². The molecule has 2 unspecified atom stereocenters. The van der Waals surface area contributed by atoms with E-state index in [9.17, 15) is 9.59 Å². The number of rotatable bonds is 6. The lowest BCUT2D eigenvalue weighted by atomic mass is 10.0. The van der Waals surface area contributed by atoms with Crippen molar-refractivity contribution in [3.63, 3.8) is 0 Å². The van der Waals surface area contributed by atoms with Gasteiger partial charge in [0, 0.05) is 19.1 Å². The summed E-state index contributed by atoms with van der Waals surface area (Å²) in [5.41, 5.74) is 0.934. The molecule has 0 aromatic carbocycles. The largest absolute Gasteiger partial charge is 0.481 e. The summed E-state index contributed by atoms with van der Waals surface area (Å²) in [6.07, 6.45) is 0.510. The first-order valence-electron chi connectivity index (χ1n) is 6.43. The second-order valence-corrected chi connectivity index (χ2v) is 4.91. The Labute approximate surface area is 113 Å². The highest BCUT2D eigenvalue weighted by atomic mass is 16.5. The molecule has 2 atom stereocenters. The van der Waals surface area contributed by atoms with Crippen LogP contribution >= 0.6 is 0 Å². The molecule has 0 spiro atoms. The zero-order valence-electron chi connectivity index (χ0n) is 11.5. The van der Waals surface area contributed by atoms with Crippen LogP contribution in [-0.2, 0) is 9.53 Å². The average Bonchev–Trinajstić information content (AvgIpc) is 2.70. The number of hydrogen-bond donors (Lipinski definition) is 2. The lowest BCUT2D eigenvalue weighted by Gasteiger charge is -2.23. The summed E-state index contributed by atoms with van der Waals surface area (Å²) < 4.78 is 5.27. The average molecular weight is 270 g/mol. The van der Waals surface area contributed by atoms with Crippen molar-refractivity contribution in [2.75, 3.05) is 26.3 Å². The number of carbonyl (C=O) groups excluding carboxylic acids is 1. The van der Waals surface area contributed by atoms with E-state index in [1.54, 1.807) is 11.8 Å². The van der Waals surface area contributed by atoms with Crippen molar-refractivity contribution in [3.05, 3.63) is 12.2 Å². The van der Waals surface area contributed by atoms with Crippen molar-refractivity contribution in [1.29, 1.82) is 0 Å². The highest BCUT2D eigenvalue weighted by molar-refractivity contribution is 5.78. The van der Waals surface area contributed by atoms with Crippen LogP contribution in [0.15, 0.2) is 12.2 Å². The van der Waals surface area contributed by atoms with Crippen LogP contribution in [0, 0.1) is 5.92 Å². The van der Waals surface area contributed by atoms with Crippen molar-refractivity contribution in [3.8, 4) is 0 Å². The molecule has 19 heavy (non-hydrogen) atoms. The summed E-state index contributed by atoms with van der Waals surface area (Å²) in [5.74, 6) is -1.31. The molecule has 1 aliphatic rings. The van der Waals surface area contributed by atoms with Crippen LogP contribution in [0.1, 0.15) is 20.3 Å². The van der Waals surface area contributed by atoms with Crippen molar-refractivity contribution in [1.82, 2.24) is 10.2 Å². The van der Waals surface area contributed by atoms with Crippen LogP contribution in [0.4, 0.5) is 4.79 Å². The van der Waals surface area contributed by atoms with Gasteiger partial charge in [0.05, 0.1) is 19.1 Å². The van der Waals surface area contributed by atoms with Crippen molar-refractivity contribution in [2.24, 2.45) is 5.92 Å². The standard InChI is InChI=1S/C13H22N2O4/c1-9(2)8-19-7-5-14-13(18)15-6-4-11(10(15)3)12(16)17/h10-11H,1,4-8H2,2-3H3,(H,14,18)(H,16,17). The molecule has 1 saturated heterocycles. The third kappa shape index (κ3) is 4.55. The molecule has 0 radical (unpaired) electrons. The quantitative estimate of drug-likeness (QED) is 0.559. The third-order valence-electron chi connectivity index (χ3n) is 3.20. The van der Waals surface area contributed by atoms with E-state index in [0.29, 0.717) is 32.7 Å². The minimum absolute atomic E-state index is 0.227. The second-order valence-electron chi connectivity index (χ2n) is 4.91. The first-order chi connectivity index (χ1) is 8.93. The number of carboxylic acids is 1. The predicted molar refractivity (Wildman–Crippen MR) is 70.9 cm³/mol. The van der Waals surface area contributed by atoms with E-state index < -0.39 is 11.9 Å². The minimum Gasteiger partial charge on any atom is -0.481 e. The number of carbonyl (C=O) groups is 2. The molecule has 1 aliphatic heterocycles. The third-order valence-corrected chi connectivity index (χ3v) is 3.20. The lowest BCUT2D eigenvalue weighted by Crippen LogP contribution is -2.44. The summed E-state index contributed by atoms with van der Waals surface area (Å²) >= 11 is 0. The number of likely N-dealkylation sites (tertiary alicyclic amines) is 1. The topological polar surface area (TPSA) is 78.9 Å². The van der Waals surface area contributed by atoms with Gasteiger partial charge in [-0.15, -0.1) is 0 Å². The molecule has 108 valence electrons. The summed E-state index contributed by atoms with van der Waals surface area (Å²) in [6.45, 7) is 9.14. The van der Waals surface area contributed by atoms with Gasteiger partial charge in [0.25, 0.3) is 0 Å². The van der Waals surface area contributed by atoms with Gasteiger partial charge in [-0.1, -0.05) is 12.2 Å². The molecule has 0 bridgehead atoms. The monoisotopic (exact) mass is 270 g/mol. The fourth-order valence-electron chi connectivity index (χ4n) is 2.13. The van der Waals surface area contributed by atoms with Crippen LogP contribution in [0.3, 0.4) is 0 Å². The normalized spacial score (nSPS) is 22.3. The van der Waals surface area contributed by atoms with Crippen LogP contribution in [0.25, 0.3) is 0 Å². The van der Waals surface area contributed by atoms with Gasteiger partial charge in [-0.05, 0) is 20.3 Å². The molecule has 1 heterocycles. The van der Waals surface area contributed by atoms with E-state index >= 15 is 0 Å². The smallest absolute Gasteiger partial charge is 0.317 e. The number of hydrogen-bond acceptors (Lipinski definition) is 3. The SMILES string of the molecule is C=C(C)COCCNC(=O)N1CCC(C(=O)O)C1C. The van der Waals surface area contributed by atoms with E-state index in [1.165, 1.54) is 0 Å². The number of nitrogens with one attached hydrogen (secondary N) is 1. The summed E-state index contributed by atoms with van der Waals surface area (Å²) in [6, 6.07) is -0.496. The molecule has 6 nitrogen and oxygen atoms in total. The molecule has 1 fully saturated rings. The first-order valence-corrected chi connectivity index (χ1v) is 6.43. The van der Waals surface area contributed by atoms with Gasteiger partial charge in [0.15, 0.2) is 0 Å². The Kier molecular flexibility index (Phi) is 5.82. The highest BCUT2D eigenvalue weighted by Crippen LogP contribution is 2.23. The number of amides is 2. The Balaban J connectivity index is 2.27. The Hall–Kier alpha value is -1.56. The minimum atomic E-state index is -0.840. The van der Waals surface area contributed by atoms with E-state index in [-0.39, 0.29) is 12.1 Å². The van der Waals surface area contributed by atoms with Gasteiger partial charge in [0.1, 0.15) is 0 Å². The first kappa shape index (κ1) is 15.5. The second kappa shape index (κ2) is 7.13. The molecule has 0 aromatic rings. The number of aliphatic carboxylic acids is 1. The Bertz CT molecular complexity index is 357. The number of nitrogens with zero attached hydrogens (tertiary/aromatic N) is 1. The summed E-state index contributed by atoms with van der Waals surface area (Å²) in [4.78, 5) is 24.4. The van der Waals surface area contributed by atoms with Gasteiger partial charge in [0.2, 0.25) is 0 Å². The van der Waals surface area contributed by atoms with E-state index in [2.05, 4.69) is 11.9 Å². The van der Waals surface area contributed by atoms with Crippen molar-refractivity contribution >= 4 is 12.0 Å². The molecule has 0 aromatic heterocycles. The molecule has 0 aliphatic carbocycles. The highest BCUT2D eigenvalue weighted by Gasteiger charge is 2.37. The van der Waals surface area contributed by atoms with Crippen LogP contribution in [-0.4, -0.2) is 54.4 Å². The Morgan fingerprint density at radius 1 is 1.53 bits per heavy atom. The van der Waals surface area contributed by atoms with Crippen molar-refractivity contribution in [2.45, 2.75) is 26.3 Å². The maximum absolute atomic E-state index is 11.9. The van der Waals surface area contributed by atoms with E-state index in [0.717, 1.165) is 5.57 Å². The Morgan fingerprint density at radius 3 is 2.74 bits per heavy atom. The molecular weight excluding hydrogens is 248 g/mol. The van der Waals surface area contributed by atoms with Gasteiger partial charge in [-0.25, -0.2) is 4.79 Å². The lowest BCUT2D eigenvalue weighted by molar-refractivity contribution is -0.142. The zero-order chi connectivity index (χ0) is 14.4. The van der Waals surface area contributed by atoms with Crippen LogP contribution in [0.2, 0.25) is 0 Å². The molecule has 1 rings (SSSR count). The predicted octanol–water partition coefficient (Wildman–Crippen LogP) is 1.08. The summed E-state index contributed by atoms with van der Waals surface area (Å²) in [7, 11) is 0.